The molecule has 1 saturated carbocycles. The summed E-state index contributed by atoms with van der Waals surface area (Å²) in [5.74, 6) is 0. The Hall–Kier alpha value is 0.480. The summed E-state index contributed by atoms with van der Waals surface area (Å²) in [6.45, 7) is 2.25. The molecule has 0 aromatic heterocycles. The summed E-state index contributed by atoms with van der Waals surface area (Å²) in [4.78, 5) is 0. The number of halogens is 1. The molecule has 0 bridgehead atoms. The fourth-order valence-electron chi connectivity index (χ4n) is 0.879. The van der Waals surface area contributed by atoms with E-state index < -0.39 is 0 Å². The van der Waals surface area contributed by atoms with Gasteiger partial charge in [0.25, 0.3) is 0 Å². The third-order valence-electron chi connectivity index (χ3n) is 1.77. The van der Waals surface area contributed by atoms with Gasteiger partial charge in [-0.05, 0) is 19.3 Å². The Bertz CT molecular complexity index is 74.5. The molecule has 8 heavy (non-hydrogen) atoms. The van der Waals surface area contributed by atoms with Crippen LogP contribution in [0, 0.1) is 0 Å². The molecule has 1 fully saturated rings. The van der Waals surface area contributed by atoms with Gasteiger partial charge in [-0.1, -0.05) is 35.7 Å². The second-order valence-electron chi connectivity index (χ2n) is 2.75. The van der Waals surface area contributed by atoms with E-state index in [1.807, 2.05) is 0 Å². The van der Waals surface area contributed by atoms with Crippen molar-refractivity contribution in [2.75, 3.05) is 0 Å². The average Bonchev–Trinajstić information content (AvgIpc) is 2.45. The topological polar surface area (TPSA) is 0 Å². The first kappa shape index (κ1) is 6.60. The maximum Gasteiger partial charge on any atom is 0.0259 e. The molecule has 0 heterocycles. The van der Waals surface area contributed by atoms with Crippen LogP contribution in [-0.4, -0.2) is 4.32 Å². The lowest BCUT2D eigenvalue weighted by Gasteiger charge is -2.01. The van der Waals surface area contributed by atoms with Crippen LogP contribution in [0.3, 0.4) is 0 Å². The van der Waals surface area contributed by atoms with E-state index in [0.717, 1.165) is 0 Å². The Morgan fingerprint density at radius 1 is 1.50 bits per heavy atom. The van der Waals surface area contributed by atoms with E-state index in [2.05, 4.69) is 22.9 Å². The van der Waals surface area contributed by atoms with E-state index in [0.29, 0.717) is 4.32 Å². The predicted molar refractivity (Wildman–Crippen MR) is 40.4 cm³/mol. The van der Waals surface area contributed by atoms with Crippen LogP contribution in [-0.2, 0) is 0 Å². The molecule has 0 aromatic carbocycles. The van der Waals surface area contributed by atoms with Crippen molar-refractivity contribution in [1.29, 1.82) is 0 Å². The van der Waals surface area contributed by atoms with Crippen LogP contribution in [0.4, 0.5) is 0 Å². The van der Waals surface area contributed by atoms with Crippen LogP contribution < -0.4 is 0 Å². The van der Waals surface area contributed by atoms with E-state index in [4.69, 9.17) is 0 Å². The summed E-state index contributed by atoms with van der Waals surface area (Å²) in [7, 11) is 0. The molecule has 1 heteroatoms. The van der Waals surface area contributed by atoms with Gasteiger partial charge in [0.05, 0.1) is 0 Å². The molecule has 1 aliphatic rings. The summed E-state index contributed by atoms with van der Waals surface area (Å²) in [5.41, 5.74) is 0. The molecular weight excluding hydrogens is 164 g/mol. The molecule has 0 unspecified atom stereocenters. The molecule has 0 N–H and O–H groups in total. The molecule has 0 spiro atoms. The van der Waals surface area contributed by atoms with Crippen molar-refractivity contribution in [3.05, 3.63) is 0 Å². The fraction of sp³-hybridized carbons (Fsp3) is 1.00. The van der Waals surface area contributed by atoms with Gasteiger partial charge < -0.3 is 0 Å². The van der Waals surface area contributed by atoms with E-state index in [9.17, 15) is 0 Å². The Morgan fingerprint density at radius 3 is 2.50 bits per heavy atom. The number of hydrogen-bond donors (Lipinski definition) is 0. The van der Waals surface area contributed by atoms with Gasteiger partial charge in [-0.2, -0.15) is 0 Å². The van der Waals surface area contributed by atoms with Crippen LogP contribution in [0.5, 0.6) is 0 Å². The fourth-order valence-corrected chi connectivity index (χ4v) is 1.36. The van der Waals surface area contributed by atoms with Gasteiger partial charge in [-0.25, -0.2) is 0 Å². The van der Waals surface area contributed by atoms with Crippen LogP contribution in [0.15, 0.2) is 0 Å². The quantitative estimate of drug-likeness (QED) is 0.581. The Kier molecular flexibility index (Phi) is 1.97. The van der Waals surface area contributed by atoms with Gasteiger partial charge in [0, 0.05) is 4.32 Å². The third kappa shape index (κ3) is 1.77. The van der Waals surface area contributed by atoms with Crippen molar-refractivity contribution in [2.24, 2.45) is 0 Å². The largest absolute Gasteiger partial charge is 0.0853 e. The molecule has 0 amide bonds. The smallest absolute Gasteiger partial charge is 0.0259 e. The summed E-state index contributed by atoms with van der Waals surface area (Å²) in [6.07, 6.45) is 6.95. The maximum absolute atomic E-state index is 3.69. The number of alkyl halides is 1. The maximum atomic E-state index is 3.69. The molecule has 1 aliphatic carbocycles. The van der Waals surface area contributed by atoms with E-state index in [-0.39, 0.29) is 0 Å². The highest BCUT2D eigenvalue weighted by Gasteiger charge is 2.38. The molecule has 0 saturated heterocycles. The molecule has 0 aromatic rings. The highest BCUT2D eigenvalue weighted by atomic mass is 79.9. The number of rotatable bonds is 3. The summed E-state index contributed by atoms with van der Waals surface area (Å²) in [5, 5.41) is 0. The Labute approximate surface area is 59.8 Å². The predicted octanol–water partition coefficient (Wildman–Crippen LogP) is 3.10. The van der Waals surface area contributed by atoms with E-state index >= 15 is 0 Å². The molecule has 0 radical (unpaired) electrons. The molecule has 48 valence electrons. The second-order valence-corrected chi connectivity index (χ2v) is 4.44. The molecule has 0 nitrogen and oxygen atoms in total. The van der Waals surface area contributed by atoms with Crippen molar-refractivity contribution in [3.8, 4) is 0 Å². The van der Waals surface area contributed by atoms with Crippen LogP contribution in [0.2, 0.25) is 0 Å². The van der Waals surface area contributed by atoms with E-state index in [1.54, 1.807) is 0 Å². The summed E-state index contributed by atoms with van der Waals surface area (Å²) in [6, 6.07) is 0. The Balaban J connectivity index is 2.01. The number of unbranched alkanes of at least 4 members (excludes halogenated alkanes) is 1. The van der Waals surface area contributed by atoms with Gasteiger partial charge in [0.15, 0.2) is 0 Å². The van der Waals surface area contributed by atoms with E-state index in [1.165, 1.54) is 32.1 Å². The summed E-state index contributed by atoms with van der Waals surface area (Å²) < 4.78 is 0.614. The molecule has 0 aliphatic heterocycles. The monoisotopic (exact) mass is 176 g/mol. The van der Waals surface area contributed by atoms with Crippen molar-refractivity contribution in [1.82, 2.24) is 0 Å². The minimum Gasteiger partial charge on any atom is -0.0853 e. The van der Waals surface area contributed by atoms with Crippen LogP contribution in [0.25, 0.3) is 0 Å². The summed E-state index contributed by atoms with van der Waals surface area (Å²) >= 11 is 3.69. The molecule has 1 rings (SSSR count). The number of hydrogen-bond acceptors (Lipinski definition) is 0. The van der Waals surface area contributed by atoms with Gasteiger partial charge in [-0.15, -0.1) is 0 Å². The minimum atomic E-state index is 0.614. The van der Waals surface area contributed by atoms with Crippen molar-refractivity contribution in [2.45, 2.75) is 43.4 Å². The standard InChI is InChI=1S/C7H13Br/c1-2-3-4-7(8)5-6-7/h2-6H2,1H3. The highest BCUT2D eigenvalue weighted by molar-refractivity contribution is 9.10. The van der Waals surface area contributed by atoms with Gasteiger partial charge in [0.2, 0.25) is 0 Å². The first-order chi connectivity index (χ1) is 3.77. The second kappa shape index (κ2) is 2.38. The zero-order valence-electron chi connectivity index (χ0n) is 5.41. The average molecular weight is 177 g/mol. The van der Waals surface area contributed by atoms with Gasteiger partial charge in [0.1, 0.15) is 0 Å². The lowest BCUT2D eigenvalue weighted by Crippen LogP contribution is -1.93. The minimum absolute atomic E-state index is 0.614. The van der Waals surface area contributed by atoms with Crippen molar-refractivity contribution >= 4 is 15.9 Å². The van der Waals surface area contributed by atoms with Crippen molar-refractivity contribution in [3.63, 3.8) is 0 Å². The zero-order chi connectivity index (χ0) is 6.04. The highest BCUT2D eigenvalue weighted by Crippen LogP contribution is 2.48. The Morgan fingerprint density at radius 2 is 2.12 bits per heavy atom. The zero-order valence-corrected chi connectivity index (χ0v) is 7.00. The molecular formula is C7H13Br. The lowest BCUT2D eigenvalue weighted by atomic mass is 10.2. The SMILES string of the molecule is CCCCC1(Br)CC1. The first-order valence-electron chi connectivity index (χ1n) is 3.46. The third-order valence-corrected chi connectivity index (χ3v) is 2.96. The van der Waals surface area contributed by atoms with Crippen LogP contribution >= 0.6 is 15.9 Å². The van der Waals surface area contributed by atoms with Crippen molar-refractivity contribution < 1.29 is 0 Å². The first-order valence-corrected chi connectivity index (χ1v) is 4.25. The van der Waals surface area contributed by atoms with Gasteiger partial charge >= 0.3 is 0 Å². The lowest BCUT2D eigenvalue weighted by molar-refractivity contribution is 0.692. The molecule has 0 atom stereocenters. The van der Waals surface area contributed by atoms with Crippen LogP contribution in [0.1, 0.15) is 39.0 Å². The van der Waals surface area contributed by atoms with Gasteiger partial charge in [-0.3, -0.25) is 0 Å². The normalized spacial score (nSPS) is 23.2.